The van der Waals surface area contributed by atoms with Crippen LogP contribution in [0.1, 0.15) is 5.56 Å². The summed E-state index contributed by atoms with van der Waals surface area (Å²) >= 11 is 0. The fraction of sp³-hybridized carbons (Fsp3) is 0.0769. The first-order valence-electron chi connectivity index (χ1n) is 6.03. The number of halogens is 1. The Bertz CT molecular complexity index is 896. The van der Waals surface area contributed by atoms with Gasteiger partial charge in [-0.25, -0.2) is 26.4 Å². The summed E-state index contributed by atoms with van der Waals surface area (Å²) in [6.45, 7) is 0. The van der Waals surface area contributed by atoms with Gasteiger partial charge in [0.2, 0.25) is 10.0 Å². The average molecular weight is 344 g/mol. The van der Waals surface area contributed by atoms with Gasteiger partial charge in [-0.1, -0.05) is 18.2 Å². The molecular formula is C13H13FN2O4S2. The van der Waals surface area contributed by atoms with E-state index < -0.39 is 31.6 Å². The summed E-state index contributed by atoms with van der Waals surface area (Å²) < 4.78 is 61.7. The minimum Gasteiger partial charge on any atom is -0.280 e. The fourth-order valence-electron chi connectivity index (χ4n) is 1.81. The third-order valence-electron chi connectivity index (χ3n) is 2.65. The molecule has 2 rings (SSSR count). The summed E-state index contributed by atoms with van der Waals surface area (Å²) in [6.07, 6.45) is 0. The minimum atomic E-state index is -3.97. The van der Waals surface area contributed by atoms with Crippen LogP contribution in [0.5, 0.6) is 0 Å². The number of rotatable bonds is 5. The second-order valence-corrected chi connectivity index (χ2v) is 7.87. The van der Waals surface area contributed by atoms with Crippen molar-refractivity contribution in [2.75, 3.05) is 4.72 Å². The molecule has 0 bridgehead atoms. The first kappa shape index (κ1) is 16.4. The standard InChI is InChI=1S/C13H13FN2O4S2/c14-11-4-2-6-13(8-11)22(19,20)16-12-5-1-3-10(7-12)9-21(15,17)18/h1-8,16H,9H2,(H2,15,17,18). The molecule has 3 N–H and O–H groups in total. The lowest BCUT2D eigenvalue weighted by atomic mass is 10.2. The number of sulfonamides is 2. The molecule has 0 radical (unpaired) electrons. The van der Waals surface area contributed by atoms with E-state index >= 15 is 0 Å². The van der Waals surface area contributed by atoms with Gasteiger partial charge in [0.05, 0.1) is 10.6 Å². The highest BCUT2D eigenvalue weighted by Gasteiger charge is 2.15. The molecule has 22 heavy (non-hydrogen) atoms. The maximum absolute atomic E-state index is 13.1. The van der Waals surface area contributed by atoms with Crippen molar-refractivity contribution in [1.82, 2.24) is 0 Å². The summed E-state index contributed by atoms with van der Waals surface area (Å²) in [7, 11) is -7.69. The lowest BCUT2D eigenvalue weighted by Crippen LogP contribution is -2.15. The molecule has 0 aliphatic heterocycles. The fourth-order valence-corrected chi connectivity index (χ4v) is 3.53. The van der Waals surface area contributed by atoms with Crippen LogP contribution < -0.4 is 9.86 Å². The van der Waals surface area contributed by atoms with Gasteiger partial charge in [-0.15, -0.1) is 0 Å². The van der Waals surface area contributed by atoms with Crippen molar-refractivity contribution >= 4 is 25.7 Å². The molecular weight excluding hydrogens is 331 g/mol. The molecule has 9 heteroatoms. The highest BCUT2D eigenvalue weighted by molar-refractivity contribution is 7.92. The highest BCUT2D eigenvalue weighted by atomic mass is 32.2. The SMILES string of the molecule is NS(=O)(=O)Cc1cccc(NS(=O)(=O)c2cccc(F)c2)c1. The zero-order chi connectivity index (χ0) is 16.4. The van der Waals surface area contributed by atoms with Crippen molar-refractivity contribution < 1.29 is 21.2 Å². The third-order valence-corrected chi connectivity index (χ3v) is 4.77. The van der Waals surface area contributed by atoms with Crippen LogP contribution in [0.4, 0.5) is 10.1 Å². The minimum absolute atomic E-state index is 0.158. The number of hydrogen-bond donors (Lipinski definition) is 2. The van der Waals surface area contributed by atoms with Crippen molar-refractivity contribution in [2.45, 2.75) is 10.6 Å². The van der Waals surface area contributed by atoms with E-state index in [0.29, 0.717) is 5.56 Å². The quantitative estimate of drug-likeness (QED) is 0.855. The Kier molecular flexibility index (Phi) is 4.50. The Morgan fingerprint density at radius 3 is 2.32 bits per heavy atom. The van der Waals surface area contributed by atoms with Crippen molar-refractivity contribution in [3.8, 4) is 0 Å². The zero-order valence-corrected chi connectivity index (χ0v) is 12.9. The van der Waals surface area contributed by atoms with Gasteiger partial charge in [0, 0.05) is 5.69 Å². The average Bonchev–Trinajstić information content (AvgIpc) is 2.36. The Hall–Kier alpha value is -1.97. The van der Waals surface area contributed by atoms with Gasteiger partial charge in [-0.05, 0) is 35.9 Å². The van der Waals surface area contributed by atoms with Gasteiger partial charge < -0.3 is 0 Å². The summed E-state index contributed by atoms with van der Waals surface area (Å²) in [5, 5.41) is 4.94. The van der Waals surface area contributed by atoms with Crippen LogP contribution in [0.15, 0.2) is 53.4 Å². The summed E-state index contributed by atoms with van der Waals surface area (Å²) in [6, 6.07) is 10.3. The topological polar surface area (TPSA) is 106 Å². The molecule has 0 aliphatic carbocycles. The molecule has 2 aromatic carbocycles. The third kappa shape index (κ3) is 4.52. The number of benzene rings is 2. The molecule has 2 aromatic rings. The van der Waals surface area contributed by atoms with Crippen LogP contribution in [0.25, 0.3) is 0 Å². The molecule has 0 saturated heterocycles. The van der Waals surface area contributed by atoms with Crippen LogP contribution in [-0.4, -0.2) is 16.8 Å². The number of anilines is 1. The molecule has 0 unspecified atom stereocenters. The zero-order valence-electron chi connectivity index (χ0n) is 11.2. The van der Waals surface area contributed by atoms with Gasteiger partial charge >= 0.3 is 0 Å². The van der Waals surface area contributed by atoms with Gasteiger partial charge in [-0.2, -0.15) is 0 Å². The first-order valence-corrected chi connectivity index (χ1v) is 9.23. The van der Waals surface area contributed by atoms with Gasteiger partial charge in [0.25, 0.3) is 10.0 Å². The van der Waals surface area contributed by atoms with Gasteiger partial charge in [-0.3, -0.25) is 4.72 Å². The Morgan fingerprint density at radius 2 is 1.68 bits per heavy atom. The number of nitrogens with two attached hydrogens (primary N) is 1. The van der Waals surface area contributed by atoms with Crippen LogP contribution in [0.3, 0.4) is 0 Å². The molecule has 0 atom stereocenters. The van der Waals surface area contributed by atoms with Crippen LogP contribution in [0, 0.1) is 5.82 Å². The monoisotopic (exact) mass is 344 g/mol. The van der Waals surface area contributed by atoms with Gasteiger partial charge in [0.1, 0.15) is 5.82 Å². The summed E-state index contributed by atoms with van der Waals surface area (Å²) in [5.74, 6) is -1.09. The molecule has 0 spiro atoms. The maximum atomic E-state index is 13.1. The second kappa shape index (κ2) is 6.03. The van der Waals surface area contributed by atoms with E-state index in [1.165, 1.54) is 36.4 Å². The van der Waals surface area contributed by atoms with E-state index in [0.717, 1.165) is 12.1 Å². The molecule has 0 amide bonds. The molecule has 118 valence electrons. The van der Waals surface area contributed by atoms with Gasteiger partial charge in [0.15, 0.2) is 0 Å². The summed E-state index contributed by atoms with van der Waals surface area (Å²) in [4.78, 5) is -0.232. The lowest BCUT2D eigenvalue weighted by molar-refractivity contribution is 0.595. The maximum Gasteiger partial charge on any atom is 0.261 e. The molecule has 6 nitrogen and oxygen atoms in total. The normalized spacial score (nSPS) is 12.1. The number of primary sulfonamides is 1. The molecule has 0 aliphatic rings. The van der Waals surface area contributed by atoms with Crippen molar-refractivity contribution in [1.29, 1.82) is 0 Å². The van der Waals surface area contributed by atoms with E-state index in [1.807, 2.05) is 0 Å². The highest BCUT2D eigenvalue weighted by Crippen LogP contribution is 2.18. The predicted molar refractivity (Wildman–Crippen MR) is 80.5 cm³/mol. The Morgan fingerprint density at radius 1 is 1.00 bits per heavy atom. The van der Waals surface area contributed by atoms with Crippen LogP contribution in [0.2, 0.25) is 0 Å². The Balaban J connectivity index is 2.29. The lowest BCUT2D eigenvalue weighted by Gasteiger charge is -2.09. The van der Waals surface area contributed by atoms with E-state index in [2.05, 4.69) is 4.72 Å². The second-order valence-electron chi connectivity index (χ2n) is 4.57. The van der Waals surface area contributed by atoms with Crippen molar-refractivity contribution in [3.05, 3.63) is 59.9 Å². The van der Waals surface area contributed by atoms with E-state index in [9.17, 15) is 21.2 Å². The number of nitrogens with one attached hydrogen (secondary N) is 1. The van der Waals surface area contributed by atoms with Crippen molar-refractivity contribution in [3.63, 3.8) is 0 Å². The van der Waals surface area contributed by atoms with E-state index in [1.54, 1.807) is 0 Å². The molecule has 0 fully saturated rings. The van der Waals surface area contributed by atoms with Crippen molar-refractivity contribution in [2.24, 2.45) is 5.14 Å². The van der Waals surface area contributed by atoms with Crippen LogP contribution >= 0.6 is 0 Å². The van der Waals surface area contributed by atoms with E-state index in [4.69, 9.17) is 5.14 Å². The smallest absolute Gasteiger partial charge is 0.261 e. The molecule has 0 heterocycles. The summed E-state index contributed by atoms with van der Waals surface area (Å²) in [5.41, 5.74) is 0.493. The van der Waals surface area contributed by atoms with Crippen LogP contribution in [-0.2, 0) is 25.8 Å². The molecule has 0 aromatic heterocycles. The van der Waals surface area contributed by atoms with E-state index in [-0.39, 0.29) is 10.6 Å². The Labute approximate surface area is 127 Å². The first-order chi connectivity index (χ1) is 10.2. The predicted octanol–water partition coefficient (Wildman–Crippen LogP) is 1.42. The number of hydrogen-bond acceptors (Lipinski definition) is 4. The largest absolute Gasteiger partial charge is 0.280 e. The molecule has 0 saturated carbocycles.